The fourth-order valence-electron chi connectivity index (χ4n) is 2.88. The van der Waals surface area contributed by atoms with Gasteiger partial charge in [-0.25, -0.2) is 8.42 Å². The molecule has 0 atom stereocenters. The highest BCUT2D eigenvalue weighted by atomic mass is 32.2. The van der Waals surface area contributed by atoms with Crippen LogP contribution in [0.3, 0.4) is 0 Å². The Balaban J connectivity index is 1.73. The van der Waals surface area contributed by atoms with E-state index in [4.69, 9.17) is 4.52 Å². The molecule has 0 aliphatic heterocycles. The highest BCUT2D eigenvalue weighted by Gasteiger charge is 2.16. The number of carbonyl (C=O) groups excluding carboxylic acids is 1. The molecule has 1 heterocycles. The fourth-order valence-corrected chi connectivity index (χ4v) is 4.01. The smallest absolute Gasteiger partial charge is 0.261 e. The van der Waals surface area contributed by atoms with Gasteiger partial charge >= 0.3 is 0 Å². The first-order valence-corrected chi connectivity index (χ1v) is 10.6. The second kappa shape index (κ2) is 8.08. The fraction of sp³-hybridized carbons (Fsp3) is 0.238. The molecule has 0 aliphatic carbocycles. The third kappa shape index (κ3) is 4.83. The predicted octanol–water partition coefficient (Wildman–Crippen LogP) is 3.89. The second-order valence-electron chi connectivity index (χ2n) is 6.96. The molecule has 3 aromatic rings. The van der Waals surface area contributed by atoms with E-state index in [1.807, 2.05) is 13.8 Å². The second-order valence-corrected chi connectivity index (χ2v) is 8.64. The summed E-state index contributed by atoms with van der Waals surface area (Å²) in [7, 11) is -3.73. The molecule has 3 rings (SSSR count). The number of nitrogens with one attached hydrogen (secondary N) is 2. The van der Waals surface area contributed by atoms with Gasteiger partial charge in [0, 0.05) is 11.3 Å². The summed E-state index contributed by atoms with van der Waals surface area (Å²) in [6, 6.07) is 11.5. The van der Waals surface area contributed by atoms with Crippen molar-refractivity contribution in [3.05, 3.63) is 70.6 Å². The van der Waals surface area contributed by atoms with E-state index in [1.165, 1.54) is 0 Å². The summed E-state index contributed by atoms with van der Waals surface area (Å²) in [6.45, 7) is 7.32. The number of amides is 1. The first kappa shape index (κ1) is 20.6. The molecule has 0 unspecified atom stereocenters. The Hall–Kier alpha value is -3.13. The monoisotopic (exact) mass is 413 g/mol. The highest BCUT2D eigenvalue weighted by Crippen LogP contribution is 2.22. The zero-order valence-electron chi connectivity index (χ0n) is 16.7. The summed E-state index contributed by atoms with van der Waals surface area (Å²) in [6.07, 6.45) is 0.125. The number of nitrogens with zero attached hydrogens (tertiary/aromatic N) is 1. The number of aromatic nitrogens is 1. The molecule has 29 heavy (non-hydrogen) atoms. The normalized spacial score (nSPS) is 11.3. The molecular formula is C21H23N3O4S. The van der Waals surface area contributed by atoms with Crippen LogP contribution in [-0.4, -0.2) is 19.5 Å². The Morgan fingerprint density at radius 1 is 1.00 bits per heavy atom. The van der Waals surface area contributed by atoms with Gasteiger partial charge in [-0.05, 0) is 69.2 Å². The summed E-state index contributed by atoms with van der Waals surface area (Å²) in [4.78, 5) is 12.5. The van der Waals surface area contributed by atoms with Crippen LogP contribution in [0, 0.1) is 27.7 Å². The van der Waals surface area contributed by atoms with Crippen LogP contribution in [0.15, 0.2) is 51.9 Å². The maximum Gasteiger partial charge on any atom is 0.261 e. The Bertz CT molecular complexity index is 1150. The Labute approximate surface area is 170 Å². The number of hydrogen-bond acceptors (Lipinski definition) is 5. The number of carbonyl (C=O) groups is 1. The molecule has 152 valence electrons. The lowest BCUT2D eigenvalue weighted by molar-refractivity contribution is -0.115. The van der Waals surface area contributed by atoms with Gasteiger partial charge in [0.05, 0.1) is 22.7 Å². The molecule has 1 aromatic heterocycles. The van der Waals surface area contributed by atoms with Gasteiger partial charge in [-0.3, -0.25) is 9.52 Å². The van der Waals surface area contributed by atoms with Crippen LogP contribution >= 0.6 is 0 Å². The van der Waals surface area contributed by atoms with Crippen LogP contribution in [0.25, 0.3) is 0 Å². The van der Waals surface area contributed by atoms with E-state index in [2.05, 4.69) is 15.2 Å². The summed E-state index contributed by atoms with van der Waals surface area (Å²) >= 11 is 0. The largest absolute Gasteiger partial charge is 0.361 e. The van der Waals surface area contributed by atoms with Crippen molar-refractivity contribution >= 4 is 27.3 Å². The van der Waals surface area contributed by atoms with Gasteiger partial charge in [-0.1, -0.05) is 17.3 Å². The van der Waals surface area contributed by atoms with Crippen molar-refractivity contribution < 1.29 is 17.7 Å². The quantitative estimate of drug-likeness (QED) is 0.638. The lowest BCUT2D eigenvalue weighted by atomic mass is 10.1. The van der Waals surface area contributed by atoms with Gasteiger partial charge < -0.3 is 9.84 Å². The third-order valence-corrected chi connectivity index (χ3v) is 6.08. The molecule has 1 amide bonds. The maximum absolute atomic E-state index is 12.7. The Kier molecular flexibility index (Phi) is 5.74. The van der Waals surface area contributed by atoms with Gasteiger partial charge in [0.2, 0.25) is 5.91 Å². The van der Waals surface area contributed by atoms with E-state index in [0.717, 1.165) is 16.7 Å². The van der Waals surface area contributed by atoms with Crippen LogP contribution in [-0.2, 0) is 21.2 Å². The van der Waals surface area contributed by atoms with Crippen molar-refractivity contribution in [2.45, 2.75) is 39.0 Å². The predicted molar refractivity (Wildman–Crippen MR) is 111 cm³/mol. The summed E-state index contributed by atoms with van der Waals surface area (Å²) in [5.41, 5.74) is 4.18. The molecule has 2 N–H and O–H groups in total. The Morgan fingerprint density at radius 2 is 1.72 bits per heavy atom. The van der Waals surface area contributed by atoms with Crippen LogP contribution in [0.2, 0.25) is 0 Å². The van der Waals surface area contributed by atoms with Crippen molar-refractivity contribution in [1.82, 2.24) is 5.16 Å². The summed E-state index contributed by atoms with van der Waals surface area (Å²) in [5, 5.41) is 6.61. The molecule has 8 heteroatoms. The van der Waals surface area contributed by atoms with E-state index in [0.29, 0.717) is 22.8 Å². The van der Waals surface area contributed by atoms with Gasteiger partial charge in [-0.2, -0.15) is 0 Å². The SMILES string of the molecule is Cc1ccc(S(=O)(=O)Nc2cccc(NC(=O)Cc3c(C)noc3C)c2)cc1C. The van der Waals surface area contributed by atoms with Gasteiger partial charge in [0.15, 0.2) is 0 Å². The first-order chi connectivity index (χ1) is 13.7. The number of anilines is 2. The van der Waals surface area contributed by atoms with Crippen molar-refractivity contribution in [2.24, 2.45) is 0 Å². The number of rotatable bonds is 6. The number of aryl methyl sites for hydroxylation is 4. The molecule has 0 saturated carbocycles. The molecular weight excluding hydrogens is 390 g/mol. The molecule has 0 radical (unpaired) electrons. The third-order valence-electron chi connectivity index (χ3n) is 4.71. The van der Waals surface area contributed by atoms with Gasteiger partial charge in [-0.15, -0.1) is 0 Å². The molecule has 7 nitrogen and oxygen atoms in total. The van der Waals surface area contributed by atoms with Crippen molar-refractivity contribution in [3.63, 3.8) is 0 Å². The molecule has 0 spiro atoms. The minimum absolute atomic E-state index is 0.125. The van der Waals surface area contributed by atoms with E-state index >= 15 is 0 Å². The zero-order chi connectivity index (χ0) is 21.2. The molecule has 0 fully saturated rings. The summed E-state index contributed by atoms with van der Waals surface area (Å²) in [5.74, 6) is 0.362. The summed E-state index contributed by atoms with van der Waals surface area (Å²) < 4.78 is 33.0. The maximum atomic E-state index is 12.7. The Morgan fingerprint density at radius 3 is 2.38 bits per heavy atom. The van der Waals surface area contributed by atoms with E-state index in [1.54, 1.807) is 56.3 Å². The van der Waals surface area contributed by atoms with Gasteiger partial charge in [0.1, 0.15) is 5.76 Å². The topological polar surface area (TPSA) is 101 Å². The molecule has 0 aliphatic rings. The van der Waals surface area contributed by atoms with Crippen LogP contribution in [0.5, 0.6) is 0 Å². The zero-order valence-corrected chi connectivity index (χ0v) is 17.6. The van der Waals surface area contributed by atoms with Gasteiger partial charge in [0.25, 0.3) is 10.0 Å². The van der Waals surface area contributed by atoms with Crippen LogP contribution in [0.1, 0.15) is 28.1 Å². The number of benzene rings is 2. The van der Waals surface area contributed by atoms with Crippen molar-refractivity contribution in [3.8, 4) is 0 Å². The van der Waals surface area contributed by atoms with Crippen LogP contribution in [0.4, 0.5) is 11.4 Å². The lowest BCUT2D eigenvalue weighted by Gasteiger charge is -2.11. The minimum atomic E-state index is -3.73. The van der Waals surface area contributed by atoms with E-state index in [9.17, 15) is 13.2 Å². The molecule has 0 bridgehead atoms. The molecule has 2 aromatic carbocycles. The van der Waals surface area contributed by atoms with E-state index in [-0.39, 0.29) is 17.2 Å². The minimum Gasteiger partial charge on any atom is -0.361 e. The molecule has 0 saturated heterocycles. The number of hydrogen-bond donors (Lipinski definition) is 2. The standard InChI is InChI=1S/C21H23N3O4S/c1-13-8-9-19(10-14(13)2)29(26,27)24-18-7-5-6-17(11-18)22-21(25)12-20-15(3)23-28-16(20)4/h5-11,24H,12H2,1-4H3,(H,22,25). The van der Waals surface area contributed by atoms with Crippen LogP contribution < -0.4 is 10.0 Å². The average molecular weight is 413 g/mol. The van der Waals surface area contributed by atoms with Crippen molar-refractivity contribution in [1.29, 1.82) is 0 Å². The average Bonchev–Trinajstić information content (AvgIpc) is 2.95. The number of sulfonamides is 1. The van der Waals surface area contributed by atoms with Crippen molar-refractivity contribution in [2.75, 3.05) is 10.0 Å². The lowest BCUT2D eigenvalue weighted by Crippen LogP contribution is -2.16. The van der Waals surface area contributed by atoms with E-state index < -0.39 is 10.0 Å². The first-order valence-electron chi connectivity index (χ1n) is 9.07. The highest BCUT2D eigenvalue weighted by molar-refractivity contribution is 7.92.